The minimum Gasteiger partial charge on any atom is -0.370 e. The Kier molecular flexibility index (Phi) is 4.39. The Morgan fingerprint density at radius 3 is 2.55 bits per heavy atom. The summed E-state index contributed by atoms with van der Waals surface area (Å²) >= 11 is 3.33. The van der Waals surface area contributed by atoms with Gasteiger partial charge in [-0.1, -0.05) is 30.3 Å². The minimum atomic E-state index is -0.374. The first-order chi connectivity index (χ1) is 9.50. The lowest BCUT2D eigenvalue weighted by atomic mass is 10.1. The number of hydrogen-bond acceptors (Lipinski definition) is 3. The van der Waals surface area contributed by atoms with Crippen LogP contribution in [-0.2, 0) is 6.54 Å². The van der Waals surface area contributed by atoms with Gasteiger partial charge in [-0.15, -0.1) is 0 Å². The monoisotopic (exact) mass is 334 g/mol. The zero-order valence-electron chi connectivity index (χ0n) is 11.3. The van der Waals surface area contributed by atoms with E-state index in [2.05, 4.69) is 20.8 Å². The van der Waals surface area contributed by atoms with Gasteiger partial charge >= 0.3 is 0 Å². The van der Waals surface area contributed by atoms with Crippen molar-refractivity contribution in [2.24, 2.45) is 0 Å². The predicted octanol–water partition coefficient (Wildman–Crippen LogP) is 4.30. The highest BCUT2D eigenvalue weighted by atomic mass is 79.9. The first-order valence-electron chi connectivity index (χ1n) is 6.19. The van der Waals surface area contributed by atoms with E-state index in [1.807, 2.05) is 44.3 Å². The molecule has 0 heterocycles. The number of para-hydroxylation sites is 1. The van der Waals surface area contributed by atoms with Crippen LogP contribution in [0.2, 0.25) is 0 Å². The average Bonchev–Trinajstić information content (AvgIpc) is 2.41. The quantitative estimate of drug-likeness (QED) is 0.618. The van der Waals surface area contributed by atoms with Crippen LogP contribution in [0.3, 0.4) is 0 Å². The Morgan fingerprint density at radius 2 is 1.90 bits per heavy atom. The number of aryl methyl sites for hydroxylation is 1. The highest BCUT2D eigenvalue weighted by molar-refractivity contribution is 9.10. The van der Waals surface area contributed by atoms with Crippen molar-refractivity contribution < 1.29 is 4.92 Å². The van der Waals surface area contributed by atoms with Gasteiger partial charge in [-0.3, -0.25) is 10.1 Å². The molecule has 104 valence electrons. The van der Waals surface area contributed by atoms with E-state index in [0.717, 1.165) is 11.3 Å². The molecule has 0 fully saturated rings. The molecule has 0 unspecified atom stereocenters. The van der Waals surface area contributed by atoms with Crippen molar-refractivity contribution in [1.82, 2.24) is 0 Å². The van der Waals surface area contributed by atoms with E-state index in [4.69, 9.17) is 0 Å². The predicted molar refractivity (Wildman–Crippen MR) is 84.1 cm³/mol. The number of nitrogens with zero attached hydrogens (tertiary/aromatic N) is 2. The number of halogens is 1. The van der Waals surface area contributed by atoms with Crippen molar-refractivity contribution in [3.8, 4) is 0 Å². The third-order valence-corrected chi connectivity index (χ3v) is 4.10. The Balaban J connectivity index is 2.29. The minimum absolute atomic E-state index is 0.0979. The second kappa shape index (κ2) is 6.05. The standard InChI is InChI=1S/C15H15BrN2O2/c1-11-6-3-4-8-13(11)17(2)10-12-7-5-9-14(15(12)16)18(19)20/h3-9H,10H2,1-2H3. The first kappa shape index (κ1) is 14.5. The molecular weight excluding hydrogens is 320 g/mol. The maximum Gasteiger partial charge on any atom is 0.283 e. The van der Waals surface area contributed by atoms with Gasteiger partial charge in [0.05, 0.1) is 4.92 Å². The maximum atomic E-state index is 10.9. The molecule has 5 heteroatoms. The molecule has 2 aromatic carbocycles. The van der Waals surface area contributed by atoms with E-state index < -0.39 is 0 Å². The average molecular weight is 335 g/mol. The largest absolute Gasteiger partial charge is 0.370 e. The Bertz CT molecular complexity index is 644. The first-order valence-corrected chi connectivity index (χ1v) is 6.98. The number of nitro benzene ring substituents is 1. The smallest absolute Gasteiger partial charge is 0.283 e. The summed E-state index contributed by atoms with van der Waals surface area (Å²) in [4.78, 5) is 12.7. The van der Waals surface area contributed by atoms with Crippen molar-refractivity contribution in [3.63, 3.8) is 0 Å². The summed E-state index contributed by atoms with van der Waals surface area (Å²) in [5.41, 5.74) is 3.29. The van der Waals surface area contributed by atoms with Gasteiger partial charge in [-0.05, 0) is 40.0 Å². The van der Waals surface area contributed by atoms with Crippen LogP contribution in [0.25, 0.3) is 0 Å². The number of hydrogen-bond donors (Lipinski definition) is 0. The van der Waals surface area contributed by atoms with Crippen molar-refractivity contribution in [2.45, 2.75) is 13.5 Å². The van der Waals surface area contributed by atoms with Gasteiger partial charge in [0.25, 0.3) is 5.69 Å². The molecule has 0 aliphatic carbocycles. The summed E-state index contributed by atoms with van der Waals surface area (Å²) in [7, 11) is 1.98. The van der Waals surface area contributed by atoms with E-state index >= 15 is 0 Å². The molecule has 0 saturated heterocycles. The molecule has 2 rings (SSSR count). The zero-order chi connectivity index (χ0) is 14.7. The normalized spacial score (nSPS) is 10.3. The maximum absolute atomic E-state index is 10.9. The van der Waals surface area contributed by atoms with Gasteiger partial charge < -0.3 is 4.90 Å². The van der Waals surface area contributed by atoms with Gasteiger partial charge in [-0.2, -0.15) is 0 Å². The van der Waals surface area contributed by atoms with Crippen molar-refractivity contribution in [3.05, 3.63) is 68.2 Å². The van der Waals surface area contributed by atoms with Crippen LogP contribution < -0.4 is 4.90 Å². The summed E-state index contributed by atoms with van der Waals surface area (Å²) in [6, 6.07) is 13.2. The van der Waals surface area contributed by atoms with Gasteiger partial charge in [0.1, 0.15) is 4.47 Å². The van der Waals surface area contributed by atoms with Crippen LogP contribution in [0.1, 0.15) is 11.1 Å². The SMILES string of the molecule is Cc1ccccc1N(C)Cc1cccc([N+](=O)[O-])c1Br. The van der Waals surface area contributed by atoms with Crippen LogP contribution in [0.5, 0.6) is 0 Å². The van der Waals surface area contributed by atoms with Gasteiger partial charge in [0, 0.05) is 25.3 Å². The molecule has 20 heavy (non-hydrogen) atoms. The van der Waals surface area contributed by atoms with Crippen LogP contribution in [0, 0.1) is 17.0 Å². The Hall–Kier alpha value is -1.88. The lowest BCUT2D eigenvalue weighted by Crippen LogP contribution is -2.17. The van der Waals surface area contributed by atoms with E-state index in [1.165, 1.54) is 11.6 Å². The lowest BCUT2D eigenvalue weighted by Gasteiger charge is -2.22. The summed E-state index contributed by atoms with van der Waals surface area (Å²) in [6.45, 7) is 2.65. The number of anilines is 1. The second-order valence-corrected chi connectivity index (χ2v) is 5.44. The fourth-order valence-electron chi connectivity index (χ4n) is 2.16. The molecule has 0 N–H and O–H groups in total. The Morgan fingerprint density at radius 1 is 1.20 bits per heavy atom. The molecule has 0 atom stereocenters. The molecule has 0 radical (unpaired) electrons. The molecule has 0 bridgehead atoms. The van der Waals surface area contributed by atoms with Crippen molar-refractivity contribution in [1.29, 1.82) is 0 Å². The van der Waals surface area contributed by atoms with E-state index in [1.54, 1.807) is 6.07 Å². The third-order valence-electron chi connectivity index (χ3n) is 3.19. The van der Waals surface area contributed by atoms with Gasteiger partial charge in [-0.25, -0.2) is 0 Å². The molecule has 4 nitrogen and oxygen atoms in total. The molecule has 0 aliphatic heterocycles. The number of rotatable bonds is 4. The molecule has 2 aromatic rings. The molecule has 0 aliphatic rings. The van der Waals surface area contributed by atoms with Crippen LogP contribution in [0.4, 0.5) is 11.4 Å². The van der Waals surface area contributed by atoms with Crippen LogP contribution >= 0.6 is 15.9 Å². The van der Waals surface area contributed by atoms with Gasteiger partial charge in [0.2, 0.25) is 0 Å². The number of nitro groups is 1. The van der Waals surface area contributed by atoms with E-state index in [-0.39, 0.29) is 10.6 Å². The highest BCUT2D eigenvalue weighted by Gasteiger charge is 2.16. The molecular formula is C15H15BrN2O2. The van der Waals surface area contributed by atoms with Crippen LogP contribution in [-0.4, -0.2) is 12.0 Å². The fourth-order valence-corrected chi connectivity index (χ4v) is 2.70. The fraction of sp³-hybridized carbons (Fsp3) is 0.200. The summed E-state index contributed by atoms with van der Waals surface area (Å²) in [5, 5.41) is 10.9. The Labute approximate surface area is 126 Å². The van der Waals surface area contributed by atoms with Crippen molar-refractivity contribution >= 4 is 27.3 Å². The summed E-state index contributed by atoms with van der Waals surface area (Å²) in [5.74, 6) is 0. The van der Waals surface area contributed by atoms with Crippen molar-refractivity contribution in [2.75, 3.05) is 11.9 Å². The summed E-state index contributed by atoms with van der Waals surface area (Å²) < 4.78 is 0.547. The number of benzene rings is 2. The van der Waals surface area contributed by atoms with E-state index in [0.29, 0.717) is 11.0 Å². The molecule has 0 spiro atoms. The lowest BCUT2D eigenvalue weighted by molar-refractivity contribution is -0.385. The zero-order valence-corrected chi connectivity index (χ0v) is 12.9. The molecule has 0 saturated carbocycles. The van der Waals surface area contributed by atoms with Crippen LogP contribution in [0.15, 0.2) is 46.9 Å². The summed E-state index contributed by atoms with van der Waals surface area (Å²) in [6.07, 6.45) is 0. The topological polar surface area (TPSA) is 46.4 Å². The third kappa shape index (κ3) is 2.99. The second-order valence-electron chi connectivity index (χ2n) is 4.65. The molecule has 0 amide bonds. The van der Waals surface area contributed by atoms with E-state index in [9.17, 15) is 10.1 Å². The van der Waals surface area contributed by atoms with Gasteiger partial charge in [0.15, 0.2) is 0 Å². The molecule has 0 aromatic heterocycles. The highest BCUT2D eigenvalue weighted by Crippen LogP contribution is 2.30.